The van der Waals surface area contributed by atoms with Gasteiger partial charge in [-0.15, -0.1) is 0 Å². The molecule has 0 aliphatic carbocycles. The normalized spacial score (nSPS) is 11.6. The van der Waals surface area contributed by atoms with Crippen LogP contribution in [0.15, 0.2) is 42.5 Å². The Morgan fingerprint density at radius 1 is 1.19 bits per heavy atom. The monoisotopic (exact) mass is 360 g/mol. The number of carbonyl (C=O) groups excluding carboxylic acids is 1. The quantitative estimate of drug-likeness (QED) is 0.278. The molecular formula is C19H24N2O5. The lowest BCUT2D eigenvalue weighted by atomic mass is 10.1. The third kappa shape index (κ3) is 5.65. The summed E-state index contributed by atoms with van der Waals surface area (Å²) in [4.78, 5) is 10.5. The largest absolute Gasteiger partial charge is 0.506 e. The summed E-state index contributed by atoms with van der Waals surface area (Å²) >= 11 is 0. The van der Waals surface area contributed by atoms with Gasteiger partial charge in [-0.25, -0.2) is 0 Å². The van der Waals surface area contributed by atoms with E-state index < -0.39 is 6.10 Å². The number of aromatic hydroxyl groups is 1. The molecule has 2 aromatic rings. The van der Waals surface area contributed by atoms with E-state index in [1.54, 1.807) is 19.2 Å². The van der Waals surface area contributed by atoms with Gasteiger partial charge in [0, 0.05) is 6.54 Å². The molecule has 0 aliphatic rings. The van der Waals surface area contributed by atoms with E-state index >= 15 is 0 Å². The number of nitrogens with one attached hydrogen (secondary N) is 2. The van der Waals surface area contributed by atoms with Crippen molar-refractivity contribution in [2.24, 2.45) is 0 Å². The number of phenolic OH excluding ortho intramolecular Hbond substituents is 1. The van der Waals surface area contributed by atoms with Gasteiger partial charge in [-0.2, -0.15) is 0 Å². The number of hydrogen-bond acceptors (Lipinski definition) is 6. The number of aliphatic hydroxyl groups excluding tert-OH is 1. The summed E-state index contributed by atoms with van der Waals surface area (Å²) in [6, 6.07) is 12.1. The molecule has 0 unspecified atom stereocenters. The maximum atomic E-state index is 10.5. The standard InChI is InChI=1S/C19H24N2O5/c1-25-18-5-2-3-6-19(18)26-10-4-9-20-12-17(24)14-7-8-16(23)15(11-14)21-13-22/h2-3,5-8,11,13,17,20,23-24H,4,9-10,12H2,1H3,(H,21,22)/t17-/m0/s1. The third-order valence-electron chi connectivity index (χ3n) is 3.78. The van der Waals surface area contributed by atoms with Gasteiger partial charge in [-0.3, -0.25) is 4.79 Å². The highest BCUT2D eigenvalue weighted by Gasteiger charge is 2.10. The molecule has 140 valence electrons. The highest BCUT2D eigenvalue weighted by molar-refractivity contribution is 5.75. The number of amides is 1. The fraction of sp³-hybridized carbons (Fsp3) is 0.316. The molecule has 0 spiro atoms. The molecule has 1 amide bonds. The van der Waals surface area contributed by atoms with Crippen LogP contribution in [0.25, 0.3) is 0 Å². The van der Waals surface area contributed by atoms with Gasteiger partial charge in [0.2, 0.25) is 6.41 Å². The molecule has 0 saturated carbocycles. The zero-order valence-corrected chi connectivity index (χ0v) is 14.6. The van der Waals surface area contributed by atoms with Crippen molar-refractivity contribution in [1.29, 1.82) is 0 Å². The summed E-state index contributed by atoms with van der Waals surface area (Å²) in [6.45, 7) is 1.54. The van der Waals surface area contributed by atoms with Crippen LogP contribution in [0.3, 0.4) is 0 Å². The van der Waals surface area contributed by atoms with E-state index in [0.29, 0.717) is 43.2 Å². The number of anilines is 1. The molecule has 1 atom stereocenters. The maximum absolute atomic E-state index is 10.5. The number of benzene rings is 2. The topological polar surface area (TPSA) is 100 Å². The average Bonchev–Trinajstić information content (AvgIpc) is 2.66. The van der Waals surface area contributed by atoms with Gasteiger partial charge in [0.05, 0.1) is 25.5 Å². The van der Waals surface area contributed by atoms with Gasteiger partial charge < -0.3 is 30.3 Å². The van der Waals surface area contributed by atoms with E-state index in [-0.39, 0.29) is 11.4 Å². The molecule has 0 radical (unpaired) electrons. The molecule has 0 saturated heterocycles. The minimum Gasteiger partial charge on any atom is -0.506 e. The Labute approximate surface area is 152 Å². The van der Waals surface area contributed by atoms with Gasteiger partial charge >= 0.3 is 0 Å². The lowest BCUT2D eigenvalue weighted by Crippen LogP contribution is -2.23. The molecule has 4 N–H and O–H groups in total. The van der Waals surface area contributed by atoms with Crippen molar-refractivity contribution in [3.8, 4) is 17.2 Å². The Kier molecular flexibility index (Phi) is 7.73. The van der Waals surface area contributed by atoms with E-state index in [4.69, 9.17) is 9.47 Å². The first kappa shape index (κ1) is 19.6. The summed E-state index contributed by atoms with van der Waals surface area (Å²) in [6.07, 6.45) is 0.488. The Balaban J connectivity index is 1.71. The van der Waals surface area contributed by atoms with E-state index in [1.807, 2.05) is 24.3 Å². The first-order chi connectivity index (χ1) is 12.7. The predicted octanol–water partition coefficient (Wildman–Crippen LogP) is 2.06. The van der Waals surface area contributed by atoms with E-state index in [9.17, 15) is 15.0 Å². The Morgan fingerprint density at radius 3 is 2.69 bits per heavy atom. The molecule has 0 aromatic heterocycles. The highest BCUT2D eigenvalue weighted by Crippen LogP contribution is 2.27. The van der Waals surface area contributed by atoms with Crippen LogP contribution >= 0.6 is 0 Å². The molecule has 0 bridgehead atoms. The number of para-hydroxylation sites is 2. The number of methoxy groups -OCH3 is 1. The fourth-order valence-corrected chi connectivity index (χ4v) is 2.41. The number of ether oxygens (including phenoxy) is 2. The Morgan fingerprint density at radius 2 is 1.96 bits per heavy atom. The number of aliphatic hydroxyl groups is 1. The van der Waals surface area contributed by atoms with Crippen molar-refractivity contribution in [1.82, 2.24) is 5.32 Å². The summed E-state index contributed by atoms with van der Waals surface area (Å²) in [5, 5.41) is 25.4. The second kappa shape index (κ2) is 10.3. The number of phenols is 1. The van der Waals surface area contributed by atoms with E-state index in [2.05, 4.69) is 10.6 Å². The highest BCUT2D eigenvalue weighted by atomic mass is 16.5. The molecular weight excluding hydrogens is 336 g/mol. The fourth-order valence-electron chi connectivity index (χ4n) is 2.41. The average molecular weight is 360 g/mol. The van der Waals surface area contributed by atoms with Gasteiger partial charge in [0.1, 0.15) is 5.75 Å². The van der Waals surface area contributed by atoms with Gasteiger partial charge in [0.25, 0.3) is 0 Å². The van der Waals surface area contributed by atoms with Crippen molar-refractivity contribution < 1.29 is 24.5 Å². The molecule has 2 aromatic carbocycles. The first-order valence-corrected chi connectivity index (χ1v) is 8.33. The number of hydrogen-bond donors (Lipinski definition) is 4. The lowest BCUT2D eigenvalue weighted by molar-refractivity contribution is -0.105. The lowest BCUT2D eigenvalue weighted by Gasteiger charge is -2.14. The van der Waals surface area contributed by atoms with Gasteiger partial charge in [0.15, 0.2) is 11.5 Å². The van der Waals surface area contributed by atoms with Crippen LogP contribution in [0, 0.1) is 0 Å². The first-order valence-electron chi connectivity index (χ1n) is 8.33. The van der Waals surface area contributed by atoms with Crippen LogP contribution in [-0.2, 0) is 4.79 Å². The Bertz CT molecular complexity index is 708. The van der Waals surface area contributed by atoms with Crippen molar-refractivity contribution in [3.05, 3.63) is 48.0 Å². The summed E-state index contributed by atoms with van der Waals surface area (Å²) in [5.74, 6) is 1.35. The van der Waals surface area contributed by atoms with Gasteiger partial charge in [-0.1, -0.05) is 18.2 Å². The van der Waals surface area contributed by atoms with E-state index in [0.717, 1.165) is 6.42 Å². The second-order valence-electron chi connectivity index (χ2n) is 5.61. The van der Waals surface area contributed by atoms with Crippen LogP contribution < -0.4 is 20.1 Å². The van der Waals surface area contributed by atoms with Crippen molar-refractivity contribution in [3.63, 3.8) is 0 Å². The molecule has 0 heterocycles. The molecule has 2 rings (SSSR count). The zero-order chi connectivity index (χ0) is 18.8. The summed E-state index contributed by atoms with van der Waals surface area (Å²) in [5.41, 5.74) is 0.867. The molecule has 0 fully saturated rings. The van der Waals surface area contributed by atoms with Crippen LogP contribution in [0.4, 0.5) is 5.69 Å². The van der Waals surface area contributed by atoms with Crippen LogP contribution in [0.1, 0.15) is 18.1 Å². The summed E-state index contributed by atoms with van der Waals surface area (Å²) in [7, 11) is 1.60. The predicted molar refractivity (Wildman–Crippen MR) is 98.7 cm³/mol. The SMILES string of the molecule is COc1ccccc1OCCCNC[C@H](O)c1ccc(O)c(NC=O)c1. The molecule has 7 nitrogen and oxygen atoms in total. The molecule has 7 heteroatoms. The summed E-state index contributed by atoms with van der Waals surface area (Å²) < 4.78 is 10.9. The van der Waals surface area contributed by atoms with Crippen LogP contribution in [-0.4, -0.2) is 43.4 Å². The van der Waals surface area contributed by atoms with Crippen molar-refractivity contribution in [2.45, 2.75) is 12.5 Å². The van der Waals surface area contributed by atoms with E-state index in [1.165, 1.54) is 6.07 Å². The second-order valence-corrected chi connectivity index (χ2v) is 5.61. The van der Waals surface area contributed by atoms with Crippen molar-refractivity contribution >= 4 is 12.1 Å². The Hall–Kier alpha value is -2.77. The zero-order valence-electron chi connectivity index (χ0n) is 14.6. The minimum absolute atomic E-state index is 0.0468. The smallest absolute Gasteiger partial charge is 0.211 e. The minimum atomic E-state index is -0.752. The van der Waals surface area contributed by atoms with Gasteiger partial charge in [-0.05, 0) is 42.8 Å². The van der Waals surface area contributed by atoms with Crippen LogP contribution in [0.2, 0.25) is 0 Å². The number of carbonyl (C=O) groups is 1. The van der Waals surface area contributed by atoms with Crippen molar-refractivity contribution in [2.75, 3.05) is 32.1 Å². The molecule has 0 aliphatic heterocycles. The number of rotatable bonds is 11. The third-order valence-corrected chi connectivity index (χ3v) is 3.78. The molecule has 26 heavy (non-hydrogen) atoms. The maximum Gasteiger partial charge on any atom is 0.211 e. The van der Waals surface area contributed by atoms with Crippen LogP contribution in [0.5, 0.6) is 17.2 Å².